The number of amides is 1. The Hall–Kier alpha value is -2.69. The number of hydrogen-bond donors (Lipinski definition) is 1. The predicted octanol–water partition coefficient (Wildman–Crippen LogP) is 3.00. The first-order chi connectivity index (χ1) is 10.6. The van der Waals surface area contributed by atoms with E-state index in [1.165, 1.54) is 0 Å². The van der Waals surface area contributed by atoms with E-state index < -0.39 is 0 Å². The lowest BCUT2D eigenvalue weighted by Crippen LogP contribution is -2.15. The van der Waals surface area contributed by atoms with Gasteiger partial charge in [0.25, 0.3) is 5.91 Å². The number of anilines is 1. The number of carbonyl (C=O) groups excluding carboxylic acids is 2. The fourth-order valence-electron chi connectivity index (χ4n) is 1.92. The lowest BCUT2D eigenvalue weighted by Gasteiger charge is -2.11. The van der Waals surface area contributed by atoms with Crippen LogP contribution in [0.3, 0.4) is 0 Å². The molecular weight excluding hydrogens is 280 g/mol. The van der Waals surface area contributed by atoms with Gasteiger partial charge in [-0.25, -0.2) is 4.98 Å². The number of nitrogens with one attached hydrogen (secondary N) is 1. The maximum absolute atomic E-state index is 12.0. The molecule has 0 radical (unpaired) electrons. The molecule has 114 valence electrons. The first-order valence-corrected chi connectivity index (χ1v) is 7.10. The highest BCUT2D eigenvalue weighted by molar-refractivity contribution is 6.03. The van der Waals surface area contributed by atoms with Crippen molar-refractivity contribution in [3.8, 4) is 0 Å². The van der Waals surface area contributed by atoms with E-state index >= 15 is 0 Å². The molecule has 5 heteroatoms. The van der Waals surface area contributed by atoms with Crippen LogP contribution in [0.5, 0.6) is 0 Å². The van der Waals surface area contributed by atoms with Crippen molar-refractivity contribution in [3.05, 3.63) is 59.8 Å². The molecule has 0 aliphatic rings. The molecule has 2 aromatic rings. The van der Waals surface area contributed by atoms with E-state index in [1.807, 2.05) is 6.07 Å². The SMILES string of the molecule is CCOC(=O)[C@@H](C)c1ccc(NC(=O)c2ccccc2)nc1. The summed E-state index contributed by atoms with van der Waals surface area (Å²) in [5.41, 5.74) is 1.31. The van der Waals surface area contributed by atoms with Crippen molar-refractivity contribution >= 4 is 17.7 Å². The molecule has 22 heavy (non-hydrogen) atoms. The molecular formula is C17H18N2O3. The molecule has 0 bridgehead atoms. The molecule has 0 saturated heterocycles. The molecule has 2 rings (SSSR count). The maximum atomic E-state index is 12.0. The Morgan fingerprint density at radius 3 is 2.50 bits per heavy atom. The number of ether oxygens (including phenoxy) is 1. The van der Waals surface area contributed by atoms with Crippen LogP contribution in [0, 0.1) is 0 Å². The highest BCUT2D eigenvalue weighted by Crippen LogP contribution is 2.17. The van der Waals surface area contributed by atoms with E-state index in [0.717, 1.165) is 5.56 Å². The molecule has 0 aliphatic carbocycles. The number of rotatable bonds is 5. The van der Waals surface area contributed by atoms with Crippen LogP contribution in [0.25, 0.3) is 0 Å². The van der Waals surface area contributed by atoms with E-state index in [2.05, 4.69) is 10.3 Å². The zero-order valence-corrected chi connectivity index (χ0v) is 12.6. The first-order valence-electron chi connectivity index (χ1n) is 7.10. The third-order valence-electron chi connectivity index (χ3n) is 3.20. The summed E-state index contributed by atoms with van der Waals surface area (Å²) in [5, 5.41) is 2.71. The maximum Gasteiger partial charge on any atom is 0.313 e. The van der Waals surface area contributed by atoms with Gasteiger partial charge in [-0.3, -0.25) is 9.59 Å². The Balaban J connectivity index is 2.03. The van der Waals surface area contributed by atoms with Gasteiger partial charge in [-0.2, -0.15) is 0 Å². The van der Waals surface area contributed by atoms with Crippen LogP contribution in [-0.4, -0.2) is 23.5 Å². The molecule has 0 fully saturated rings. The van der Waals surface area contributed by atoms with Crippen molar-refractivity contribution in [2.45, 2.75) is 19.8 Å². The minimum Gasteiger partial charge on any atom is -0.466 e. The summed E-state index contributed by atoms with van der Waals surface area (Å²) in [5.74, 6) is -0.454. The summed E-state index contributed by atoms with van der Waals surface area (Å²) >= 11 is 0. The summed E-state index contributed by atoms with van der Waals surface area (Å²) in [6, 6.07) is 12.3. The second kappa shape index (κ2) is 7.36. The Labute approximate surface area is 129 Å². The van der Waals surface area contributed by atoms with Gasteiger partial charge in [0.2, 0.25) is 0 Å². The fourth-order valence-corrected chi connectivity index (χ4v) is 1.92. The topological polar surface area (TPSA) is 68.3 Å². The van der Waals surface area contributed by atoms with Crippen LogP contribution in [0.15, 0.2) is 48.7 Å². The van der Waals surface area contributed by atoms with Gasteiger partial charge in [-0.1, -0.05) is 24.3 Å². The third-order valence-corrected chi connectivity index (χ3v) is 3.20. The van der Waals surface area contributed by atoms with Gasteiger partial charge in [0, 0.05) is 11.8 Å². The second-order valence-electron chi connectivity index (χ2n) is 4.77. The third kappa shape index (κ3) is 3.91. The molecule has 0 unspecified atom stereocenters. The summed E-state index contributed by atoms with van der Waals surface area (Å²) in [7, 11) is 0. The lowest BCUT2D eigenvalue weighted by atomic mass is 10.0. The fraction of sp³-hybridized carbons (Fsp3) is 0.235. The number of aromatic nitrogens is 1. The van der Waals surface area contributed by atoms with Crippen molar-refractivity contribution in [1.82, 2.24) is 4.98 Å². The molecule has 1 heterocycles. The Kier molecular flexibility index (Phi) is 5.25. The highest BCUT2D eigenvalue weighted by Gasteiger charge is 2.16. The van der Waals surface area contributed by atoms with Gasteiger partial charge in [-0.05, 0) is 37.6 Å². The average Bonchev–Trinajstić information content (AvgIpc) is 2.56. The molecule has 0 aliphatic heterocycles. The van der Waals surface area contributed by atoms with Crippen LogP contribution < -0.4 is 5.32 Å². The monoisotopic (exact) mass is 298 g/mol. The normalized spacial score (nSPS) is 11.5. The number of benzene rings is 1. The second-order valence-corrected chi connectivity index (χ2v) is 4.77. The Morgan fingerprint density at radius 2 is 1.91 bits per heavy atom. The van der Waals surface area contributed by atoms with Crippen molar-refractivity contribution in [2.24, 2.45) is 0 Å². The van der Waals surface area contributed by atoms with Crippen molar-refractivity contribution in [2.75, 3.05) is 11.9 Å². The predicted molar refractivity (Wildman–Crippen MR) is 83.7 cm³/mol. The zero-order valence-electron chi connectivity index (χ0n) is 12.6. The largest absolute Gasteiger partial charge is 0.466 e. The first kappa shape index (κ1) is 15.7. The van der Waals surface area contributed by atoms with Gasteiger partial charge in [0.15, 0.2) is 0 Å². The number of nitrogens with zero attached hydrogens (tertiary/aromatic N) is 1. The molecule has 1 atom stereocenters. The molecule has 1 aromatic carbocycles. The molecule has 0 saturated carbocycles. The Bertz CT molecular complexity index is 639. The lowest BCUT2D eigenvalue weighted by molar-refractivity contribution is -0.144. The quantitative estimate of drug-likeness (QED) is 0.862. The molecule has 1 N–H and O–H groups in total. The van der Waals surface area contributed by atoms with Gasteiger partial charge < -0.3 is 10.1 Å². The highest BCUT2D eigenvalue weighted by atomic mass is 16.5. The van der Waals surface area contributed by atoms with Gasteiger partial charge in [-0.15, -0.1) is 0 Å². The summed E-state index contributed by atoms with van der Waals surface area (Å²) in [6.45, 7) is 3.88. The summed E-state index contributed by atoms with van der Waals surface area (Å²) < 4.78 is 4.97. The molecule has 1 amide bonds. The van der Waals surface area contributed by atoms with Crippen LogP contribution in [0.2, 0.25) is 0 Å². The summed E-state index contributed by atoms with van der Waals surface area (Å²) in [4.78, 5) is 27.8. The minimum atomic E-state index is -0.383. The number of carbonyl (C=O) groups is 2. The van der Waals surface area contributed by atoms with Crippen molar-refractivity contribution in [3.63, 3.8) is 0 Å². The van der Waals surface area contributed by atoms with E-state index in [1.54, 1.807) is 56.4 Å². The number of pyridine rings is 1. The van der Waals surface area contributed by atoms with Gasteiger partial charge in [0.1, 0.15) is 5.82 Å². The van der Waals surface area contributed by atoms with E-state index in [9.17, 15) is 9.59 Å². The van der Waals surface area contributed by atoms with Crippen LogP contribution in [-0.2, 0) is 9.53 Å². The van der Waals surface area contributed by atoms with E-state index in [4.69, 9.17) is 4.74 Å². The standard InChI is InChI=1S/C17H18N2O3/c1-3-22-17(21)12(2)14-9-10-15(18-11-14)19-16(20)13-7-5-4-6-8-13/h4-12H,3H2,1-2H3,(H,18,19,20)/t12-/m0/s1. The van der Waals surface area contributed by atoms with E-state index in [0.29, 0.717) is 18.0 Å². The van der Waals surface area contributed by atoms with Crippen LogP contribution in [0.4, 0.5) is 5.82 Å². The van der Waals surface area contributed by atoms with Gasteiger partial charge >= 0.3 is 5.97 Å². The molecule has 1 aromatic heterocycles. The molecule has 0 spiro atoms. The van der Waals surface area contributed by atoms with Crippen LogP contribution >= 0.6 is 0 Å². The van der Waals surface area contributed by atoms with Crippen LogP contribution in [0.1, 0.15) is 35.7 Å². The van der Waals surface area contributed by atoms with Gasteiger partial charge in [0.05, 0.1) is 12.5 Å². The average molecular weight is 298 g/mol. The van der Waals surface area contributed by atoms with E-state index in [-0.39, 0.29) is 17.8 Å². The number of esters is 1. The zero-order chi connectivity index (χ0) is 15.9. The summed E-state index contributed by atoms with van der Waals surface area (Å²) in [6.07, 6.45) is 1.57. The molecule has 5 nitrogen and oxygen atoms in total. The Morgan fingerprint density at radius 1 is 1.18 bits per heavy atom. The minimum absolute atomic E-state index is 0.223. The smallest absolute Gasteiger partial charge is 0.313 e. The van der Waals surface area contributed by atoms with Crippen molar-refractivity contribution in [1.29, 1.82) is 0 Å². The van der Waals surface area contributed by atoms with Crippen molar-refractivity contribution < 1.29 is 14.3 Å². The number of hydrogen-bond acceptors (Lipinski definition) is 4.